The molecule has 2 aromatic heterocycles. The van der Waals surface area contributed by atoms with Crippen molar-refractivity contribution in [2.24, 2.45) is 0 Å². The molecule has 0 atom stereocenters. The van der Waals surface area contributed by atoms with Gasteiger partial charge in [-0.25, -0.2) is 9.78 Å². The first-order valence-corrected chi connectivity index (χ1v) is 8.65. The van der Waals surface area contributed by atoms with Crippen molar-refractivity contribution >= 4 is 33.3 Å². The molecule has 0 saturated heterocycles. The Balaban J connectivity index is 1.70. The number of thiazole rings is 1. The minimum atomic E-state index is -0.200. The zero-order valence-corrected chi connectivity index (χ0v) is 14.7. The fourth-order valence-electron chi connectivity index (χ4n) is 2.31. The molecule has 24 heavy (non-hydrogen) atoms. The zero-order valence-electron chi connectivity index (χ0n) is 13.9. The van der Waals surface area contributed by atoms with Crippen LogP contribution in [0.4, 0.5) is 10.5 Å². The van der Waals surface area contributed by atoms with Crippen molar-refractivity contribution in [2.45, 2.75) is 33.7 Å². The van der Waals surface area contributed by atoms with Gasteiger partial charge in [-0.05, 0) is 32.0 Å². The molecule has 3 rings (SSSR count). The number of aromatic nitrogens is 3. The summed E-state index contributed by atoms with van der Waals surface area (Å²) >= 11 is 1.61. The molecule has 0 aliphatic carbocycles. The number of hydrogen-bond donors (Lipinski definition) is 1. The lowest BCUT2D eigenvalue weighted by Gasteiger charge is -2.19. The standard InChI is InChI=1S/C16H19N5O2S/c1-4-14-19-20-15(23-14)9-21(5-2)16(22)18-11-6-7-12-13(8-11)24-10(3)17-12/h6-8H,4-5,9H2,1-3H3,(H,18,22). The van der Waals surface area contributed by atoms with Crippen LogP contribution in [0.25, 0.3) is 10.2 Å². The van der Waals surface area contributed by atoms with E-state index in [1.165, 1.54) is 0 Å². The van der Waals surface area contributed by atoms with E-state index < -0.39 is 0 Å². The Hall–Kier alpha value is -2.48. The molecule has 2 amide bonds. The van der Waals surface area contributed by atoms with Gasteiger partial charge in [-0.1, -0.05) is 6.92 Å². The maximum Gasteiger partial charge on any atom is 0.322 e. The van der Waals surface area contributed by atoms with Gasteiger partial charge in [0.1, 0.15) is 6.54 Å². The summed E-state index contributed by atoms with van der Waals surface area (Å²) in [5, 5.41) is 11.8. The number of nitrogens with zero attached hydrogens (tertiary/aromatic N) is 4. The van der Waals surface area contributed by atoms with Crippen LogP contribution in [0.15, 0.2) is 22.6 Å². The molecule has 1 aromatic carbocycles. The van der Waals surface area contributed by atoms with Gasteiger partial charge < -0.3 is 14.6 Å². The van der Waals surface area contributed by atoms with Crippen LogP contribution < -0.4 is 5.32 Å². The molecule has 0 aliphatic rings. The number of urea groups is 1. The minimum absolute atomic E-state index is 0.200. The van der Waals surface area contributed by atoms with E-state index in [1.807, 2.05) is 39.0 Å². The lowest BCUT2D eigenvalue weighted by Crippen LogP contribution is -2.34. The van der Waals surface area contributed by atoms with Gasteiger partial charge in [0, 0.05) is 18.7 Å². The van der Waals surface area contributed by atoms with E-state index in [2.05, 4.69) is 20.5 Å². The van der Waals surface area contributed by atoms with Crippen LogP contribution >= 0.6 is 11.3 Å². The Morgan fingerprint density at radius 1 is 1.29 bits per heavy atom. The monoisotopic (exact) mass is 345 g/mol. The van der Waals surface area contributed by atoms with Gasteiger partial charge in [0.05, 0.1) is 15.2 Å². The Morgan fingerprint density at radius 3 is 2.79 bits per heavy atom. The van der Waals surface area contributed by atoms with Crippen LogP contribution in [0, 0.1) is 6.92 Å². The predicted octanol–water partition coefficient (Wildman–Crippen LogP) is 3.60. The molecule has 0 aliphatic heterocycles. The highest BCUT2D eigenvalue weighted by Gasteiger charge is 2.16. The number of rotatable bonds is 5. The molecule has 1 N–H and O–H groups in total. The Morgan fingerprint density at radius 2 is 2.08 bits per heavy atom. The summed E-state index contributed by atoms with van der Waals surface area (Å²) in [7, 11) is 0. The SMILES string of the molecule is CCc1nnc(CN(CC)C(=O)Nc2ccc3nc(C)sc3c2)o1. The molecule has 0 saturated carbocycles. The number of nitrogens with one attached hydrogen (secondary N) is 1. The molecule has 0 radical (unpaired) electrons. The molecule has 2 heterocycles. The summed E-state index contributed by atoms with van der Waals surface area (Å²) in [6.45, 7) is 6.65. The van der Waals surface area contributed by atoms with Gasteiger partial charge in [-0.3, -0.25) is 0 Å². The number of amides is 2. The van der Waals surface area contributed by atoms with Gasteiger partial charge in [0.25, 0.3) is 0 Å². The second kappa shape index (κ2) is 6.96. The van der Waals surface area contributed by atoms with Gasteiger partial charge >= 0.3 is 6.03 Å². The largest absolute Gasteiger partial charge is 0.423 e. The average molecular weight is 345 g/mol. The Kier molecular flexibility index (Phi) is 4.75. The van der Waals surface area contributed by atoms with Crippen LogP contribution in [0.1, 0.15) is 30.6 Å². The molecular weight excluding hydrogens is 326 g/mol. The Labute approximate surface area is 143 Å². The Bertz CT molecular complexity index is 857. The molecule has 3 aromatic rings. The summed E-state index contributed by atoms with van der Waals surface area (Å²) in [4.78, 5) is 18.5. The fraction of sp³-hybridized carbons (Fsp3) is 0.375. The number of carbonyl (C=O) groups is 1. The fourth-order valence-corrected chi connectivity index (χ4v) is 3.17. The van der Waals surface area contributed by atoms with Gasteiger partial charge in [-0.15, -0.1) is 21.5 Å². The number of hydrogen-bond acceptors (Lipinski definition) is 6. The van der Waals surface area contributed by atoms with Crippen molar-refractivity contribution in [1.82, 2.24) is 20.1 Å². The maximum absolute atomic E-state index is 12.5. The first kappa shape index (κ1) is 16.4. The predicted molar refractivity (Wildman–Crippen MR) is 93.1 cm³/mol. The van der Waals surface area contributed by atoms with Crippen molar-refractivity contribution in [3.8, 4) is 0 Å². The number of anilines is 1. The average Bonchev–Trinajstić information content (AvgIpc) is 3.17. The summed E-state index contributed by atoms with van der Waals surface area (Å²) in [5.41, 5.74) is 1.69. The summed E-state index contributed by atoms with van der Waals surface area (Å²) < 4.78 is 6.53. The van der Waals surface area contributed by atoms with Crippen molar-refractivity contribution in [2.75, 3.05) is 11.9 Å². The normalized spacial score (nSPS) is 11.0. The van der Waals surface area contributed by atoms with Crippen LogP contribution in [-0.4, -0.2) is 32.7 Å². The third kappa shape index (κ3) is 3.53. The first-order chi connectivity index (χ1) is 11.6. The highest BCUT2D eigenvalue weighted by Crippen LogP contribution is 2.25. The quantitative estimate of drug-likeness (QED) is 0.764. The van der Waals surface area contributed by atoms with Crippen LogP contribution in [0.5, 0.6) is 0 Å². The van der Waals surface area contributed by atoms with E-state index in [0.29, 0.717) is 24.7 Å². The minimum Gasteiger partial charge on any atom is -0.423 e. The number of benzene rings is 1. The summed E-state index contributed by atoms with van der Waals surface area (Å²) in [5.74, 6) is 1.02. The molecule has 0 bridgehead atoms. The van der Waals surface area contributed by atoms with E-state index in [1.54, 1.807) is 16.2 Å². The van der Waals surface area contributed by atoms with Gasteiger partial charge in [-0.2, -0.15) is 0 Å². The molecule has 126 valence electrons. The van der Waals surface area contributed by atoms with Crippen molar-refractivity contribution in [3.05, 3.63) is 35.0 Å². The van der Waals surface area contributed by atoms with E-state index >= 15 is 0 Å². The number of aryl methyl sites for hydroxylation is 2. The molecule has 0 fully saturated rings. The molecular formula is C16H19N5O2S. The second-order valence-corrected chi connectivity index (χ2v) is 6.54. The van der Waals surface area contributed by atoms with Crippen LogP contribution in [0.3, 0.4) is 0 Å². The van der Waals surface area contributed by atoms with Crippen LogP contribution in [0.2, 0.25) is 0 Å². The zero-order chi connectivity index (χ0) is 17.1. The first-order valence-electron chi connectivity index (χ1n) is 7.83. The van der Waals surface area contributed by atoms with E-state index in [4.69, 9.17) is 4.42 Å². The number of fused-ring (bicyclic) bond motifs is 1. The van der Waals surface area contributed by atoms with Gasteiger partial charge in [0.15, 0.2) is 0 Å². The van der Waals surface area contributed by atoms with Crippen molar-refractivity contribution < 1.29 is 9.21 Å². The highest BCUT2D eigenvalue weighted by atomic mass is 32.1. The topological polar surface area (TPSA) is 84.2 Å². The van der Waals surface area contributed by atoms with E-state index in [0.717, 1.165) is 20.9 Å². The van der Waals surface area contributed by atoms with Crippen molar-refractivity contribution in [1.29, 1.82) is 0 Å². The van der Waals surface area contributed by atoms with Crippen LogP contribution in [-0.2, 0) is 13.0 Å². The highest BCUT2D eigenvalue weighted by molar-refractivity contribution is 7.18. The molecule has 0 spiro atoms. The van der Waals surface area contributed by atoms with E-state index in [9.17, 15) is 4.79 Å². The van der Waals surface area contributed by atoms with E-state index in [-0.39, 0.29) is 12.6 Å². The number of carbonyl (C=O) groups excluding carboxylic acids is 1. The maximum atomic E-state index is 12.5. The molecule has 7 nitrogen and oxygen atoms in total. The molecule has 8 heteroatoms. The van der Waals surface area contributed by atoms with Crippen molar-refractivity contribution in [3.63, 3.8) is 0 Å². The lowest BCUT2D eigenvalue weighted by atomic mass is 10.3. The third-order valence-corrected chi connectivity index (χ3v) is 4.49. The lowest BCUT2D eigenvalue weighted by molar-refractivity contribution is 0.205. The summed E-state index contributed by atoms with van der Waals surface area (Å²) in [6.07, 6.45) is 0.680. The second-order valence-electron chi connectivity index (χ2n) is 5.30. The molecule has 0 unspecified atom stereocenters. The third-order valence-electron chi connectivity index (χ3n) is 3.55. The smallest absolute Gasteiger partial charge is 0.322 e. The van der Waals surface area contributed by atoms with Gasteiger partial charge in [0.2, 0.25) is 11.8 Å². The summed E-state index contributed by atoms with van der Waals surface area (Å²) in [6, 6.07) is 5.51.